The van der Waals surface area contributed by atoms with Crippen LogP contribution < -0.4 is 10.1 Å². The van der Waals surface area contributed by atoms with Gasteiger partial charge in [0, 0.05) is 0 Å². The van der Waals surface area contributed by atoms with Crippen LogP contribution in [0.2, 0.25) is 0 Å². The van der Waals surface area contributed by atoms with Crippen LogP contribution in [0.15, 0.2) is 16.8 Å². The summed E-state index contributed by atoms with van der Waals surface area (Å²) in [5, 5.41) is 12.1. The van der Waals surface area contributed by atoms with Crippen molar-refractivity contribution in [2.75, 3.05) is 11.9 Å². The maximum atomic E-state index is 11.0. The van der Waals surface area contributed by atoms with E-state index in [1.807, 2.05) is 13.8 Å². The van der Waals surface area contributed by atoms with E-state index in [0.29, 0.717) is 36.4 Å². The van der Waals surface area contributed by atoms with E-state index in [9.17, 15) is 4.79 Å². The molecule has 0 spiro atoms. The molecular formula is C14H17N3O4. The third-order valence-corrected chi connectivity index (χ3v) is 2.95. The quantitative estimate of drug-likeness (QED) is 0.843. The second-order valence-electron chi connectivity index (χ2n) is 4.43. The number of anilines is 1. The predicted molar refractivity (Wildman–Crippen MR) is 75.7 cm³/mol. The summed E-state index contributed by atoms with van der Waals surface area (Å²) in [4.78, 5) is 19.2. The fourth-order valence-electron chi connectivity index (χ4n) is 1.91. The highest BCUT2D eigenvalue weighted by Gasteiger charge is 2.14. The summed E-state index contributed by atoms with van der Waals surface area (Å²) < 4.78 is 10.8. The average molecular weight is 291 g/mol. The third kappa shape index (κ3) is 3.31. The third-order valence-electron chi connectivity index (χ3n) is 2.95. The number of furan rings is 1. The second-order valence-corrected chi connectivity index (χ2v) is 4.43. The van der Waals surface area contributed by atoms with Crippen LogP contribution in [-0.2, 0) is 6.54 Å². The van der Waals surface area contributed by atoms with E-state index < -0.39 is 5.97 Å². The summed E-state index contributed by atoms with van der Waals surface area (Å²) in [5.41, 5.74) is 0.960. The highest BCUT2D eigenvalue weighted by atomic mass is 16.5. The smallest absolute Gasteiger partial charge is 0.339 e. The van der Waals surface area contributed by atoms with Crippen molar-refractivity contribution >= 4 is 11.8 Å². The van der Waals surface area contributed by atoms with Crippen molar-refractivity contribution in [3.05, 3.63) is 35.0 Å². The Labute approximate surface area is 122 Å². The van der Waals surface area contributed by atoms with Crippen molar-refractivity contribution in [3.63, 3.8) is 0 Å². The summed E-state index contributed by atoms with van der Waals surface area (Å²) >= 11 is 0. The molecule has 21 heavy (non-hydrogen) atoms. The van der Waals surface area contributed by atoms with Crippen LogP contribution in [0.4, 0.5) is 5.82 Å². The molecule has 0 fully saturated rings. The standard InChI is InChI=1S/C14H17N3O4/c1-4-20-13-8(2)12(16-7-17-13)15-6-10-5-11(14(18)19)9(3)21-10/h5,7H,4,6H2,1-3H3,(H,18,19)(H,15,16,17). The minimum atomic E-state index is -1.00. The van der Waals surface area contributed by atoms with Crippen molar-refractivity contribution in [2.45, 2.75) is 27.3 Å². The summed E-state index contributed by atoms with van der Waals surface area (Å²) in [7, 11) is 0. The molecule has 2 N–H and O–H groups in total. The maximum Gasteiger partial charge on any atom is 0.339 e. The normalized spacial score (nSPS) is 10.4. The fourth-order valence-corrected chi connectivity index (χ4v) is 1.91. The Morgan fingerprint density at radius 3 is 2.81 bits per heavy atom. The molecule has 0 unspecified atom stereocenters. The van der Waals surface area contributed by atoms with Crippen molar-refractivity contribution < 1.29 is 19.1 Å². The summed E-state index contributed by atoms with van der Waals surface area (Å²) in [6.45, 7) is 6.21. The molecule has 0 saturated carbocycles. The number of aromatic nitrogens is 2. The number of aromatic carboxylic acids is 1. The Bertz CT molecular complexity index is 652. The van der Waals surface area contributed by atoms with Gasteiger partial charge in [-0.25, -0.2) is 14.8 Å². The van der Waals surface area contributed by atoms with Gasteiger partial charge >= 0.3 is 5.97 Å². The highest BCUT2D eigenvalue weighted by molar-refractivity contribution is 5.88. The molecule has 0 amide bonds. The number of carbonyl (C=O) groups is 1. The molecule has 2 heterocycles. The molecule has 0 aliphatic carbocycles. The van der Waals surface area contributed by atoms with Gasteiger partial charge in [-0.2, -0.15) is 0 Å². The number of aryl methyl sites for hydroxylation is 1. The number of carboxylic acid groups (broad SMARTS) is 1. The van der Waals surface area contributed by atoms with Crippen LogP contribution in [-0.4, -0.2) is 27.7 Å². The molecule has 0 aliphatic rings. The highest BCUT2D eigenvalue weighted by Crippen LogP contribution is 2.21. The monoisotopic (exact) mass is 291 g/mol. The molecule has 0 aliphatic heterocycles. The lowest BCUT2D eigenvalue weighted by Crippen LogP contribution is -2.06. The number of nitrogens with one attached hydrogen (secondary N) is 1. The van der Waals surface area contributed by atoms with Crippen molar-refractivity contribution in [1.82, 2.24) is 9.97 Å². The summed E-state index contributed by atoms with van der Waals surface area (Å²) in [6.07, 6.45) is 1.41. The Morgan fingerprint density at radius 1 is 1.43 bits per heavy atom. The first-order valence-corrected chi connectivity index (χ1v) is 6.53. The van der Waals surface area contributed by atoms with Crippen LogP contribution in [0.3, 0.4) is 0 Å². The van der Waals surface area contributed by atoms with Gasteiger partial charge in [0.1, 0.15) is 29.2 Å². The van der Waals surface area contributed by atoms with Gasteiger partial charge in [-0.1, -0.05) is 0 Å². The number of nitrogens with zero attached hydrogens (tertiary/aromatic N) is 2. The van der Waals surface area contributed by atoms with E-state index in [1.165, 1.54) is 12.4 Å². The average Bonchev–Trinajstić information content (AvgIpc) is 2.81. The van der Waals surface area contributed by atoms with Crippen LogP contribution in [0.1, 0.15) is 34.4 Å². The van der Waals surface area contributed by atoms with Gasteiger partial charge in [-0.05, 0) is 26.8 Å². The van der Waals surface area contributed by atoms with Gasteiger partial charge in [0.2, 0.25) is 5.88 Å². The molecule has 0 aromatic carbocycles. The van der Waals surface area contributed by atoms with Crippen LogP contribution in [0.5, 0.6) is 5.88 Å². The lowest BCUT2D eigenvalue weighted by Gasteiger charge is -2.10. The molecule has 0 atom stereocenters. The number of hydrogen-bond acceptors (Lipinski definition) is 6. The molecular weight excluding hydrogens is 274 g/mol. The Hall–Kier alpha value is -2.57. The molecule has 0 saturated heterocycles. The van der Waals surface area contributed by atoms with Gasteiger partial charge in [-0.3, -0.25) is 0 Å². The molecule has 0 radical (unpaired) electrons. The lowest BCUT2D eigenvalue weighted by molar-refractivity contribution is 0.0695. The molecule has 7 nitrogen and oxygen atoms in total. The van der Waals surface area contributed by atoms with E-state index in [2.05, 4.69) is 15.3 Å². The Morgan fingerprint density at radius 2 is 2.19 bits per heavy atom. The van der Waals surface area contributed by atoms with Crippen LogP contribution >= 0.6 is 0 Å². The van der Waals surface area contributed by atoms with Gasteiger partial charge in [0.25, 0.3) is 0 Å². The van der Waals surface area contributed by atoms with Crippen LogP contribution in [0, 0.1) is 13.8 Å². The number of rotatable bonds is 6. The molecule has 0 bridgehead atoms. The van der Waals surface area contributed by atoms with Crippen molar-refractivity contribution in [1.29, 1.82) is 0 Å². The van der Waals surface area contributed by atoms with E-state index in [-0.39, 0.29) is 5.56 Å². The van der Waals surface area contributed by atoms with E-state index >= 15 is 0 Å². The number of hydrogen-bond donors (Lipinski definition) is 2. The SMILES string of the molecule is CCOc1ncnc(NCc2cc(C(=O)O)c(C)o2)c1C. The first-order chi connectivity index (χ1) is 10.0. The lowest BCUT2D eigenvalue weighted by atomic mass is 10.2. The largest absolute Gasteiger partial charge is 0.478 e. The maximum absolute atomic E-state index is 11.0. The van der Waals surface area contributed by atoms with Gasteiger partial charge < -0.3 is 19.6 Å². The molecule has 2 aromatic heterocycles. The second kappa shape index (κ2) is 6.25. The van der Waals surface area contributed by atoms with Gasteiger partial charge in [0.15, 0.2) is 0 Å². The molecule has 2 rings (SSSR count). The first-order valence-electron chi connectivity index (χ1n) is 6.53. The minimum Gasteiger partial charge on any atom is -0.478 e. The molecule has 2 aromatic rings. The summed E-state index contributed by atoms with van der Waals surface area (Å²) in [5.74, 6) is 1.06. The van der Waals surface area contributed by atoms with Gasteiger partial charge in [0.05, 0.1) is 18.7 Å². The molecule has 112 valence electrons. The predicted octanol–water partition coefficient (Wildman–Crippen LogP) is 2.40. The number of ether oxygens (including phenoxy) is 1. The van der Waals surface area contributed by atoms with E-state index in [0.717, 1.165) is 5.56 Å². The Kier molecular flexibility index (Phi) is 4.42. The van der Waals surface area contributed by atoms with Crippen molar-refractivity contribution in [3.8, 4) is 5.88 Å². The van der Waals surface area contributed by atoms with Gasteiger partial charge in [-0.15, -0.1) is 0 Å². The zero-order valence-electron chi connectivity index (χ0n) is 12.1. The first kappa shape index (κ1) is 14.8. The Balaban J connectivity index is 2.11. The summed E-state index contributed by atoms with van der Waals surface area (Å²) in [6, 6.07) is 1.50. The van der Waals surface area contributed by atoms with Crippen LogP contribution in [0.25, 0.3) is 0 Å². The molecule has 7 heteroatoms. The fraction of sp³-hybridized carbons (Fsp3) is 0.357. The topological polar surface area (TPSA) is 97.5 Å². The van der Waals surface area contributed by atoms with E-state index in [4.69, 9.17) is 14.3 Å². The van der Waals surface area contributed by atoms with Crippen molar-refractivity contribution in [2.24, 2.45) is 0 Å². The van der Waals surface area contributed by atoms with E-state index in [1.54, 1.807) is 6.92 Å². The number of carboxylic acids is 1. The minimum absolute atomic E-state index is 0.168. The zero-order chi connectivity index (χ0) is 15.4. The zero-order valence-corrected chi connectivity index (χ0v) is 12.1.